The molecule has 0 spiro atoms. The van der Waals surface area contributed by atoms with Crippen LogP contribution in [0.4, 0.5) is 34.1 Å². The molecule has 0 amide bonds. The fraction of sp³-hybridized carbons (Fsp3) is 0.143. The van der Waals surface area contributed by atoms with E-state index >= 15 is 0 Å². The SMILES string of the molecule is Cc1ccc(N(c2ccc(C)cc2)c2ccc(CCc3ccc(N(c4ccc(C)cc4)c4ccc(C)cc4)cc3)cc2)cc1. The van der Waals surface area contributed by atoms with E-state index in [0.29, 0.717) is 0 Å². The van der Waals surface area contributed by atoms with Gasteiger partial charge in [-0.05, 0) is 124 Å². The highest BCUT2D eigenvalue weighted by molar-refractivity contribution is 5.78. The highest BCUT2D eigenvalue weighted by Crippen LogP contribution is 2.36. The van der Waals surface area contributed by atoms with Crippen LogP contribution in [0.1, 0.15) is 33.4 Å². The largest absolute Gasteiger partial charge is 0.311 e. The molecule has 0 bridgehead atoms. The molecule has 6 rings (SSSR count). The Hall–Kier alpha value is -5.08. The van der Waals surface area contributed by atoms with E-state index in [1.54, 1.807) is 0 Å². The molecule has 0 unspecified atom stereocenters. The number of aryl methyl sites for hydroxylation is 6. The molecule has 6 aromatic rings. The van der Waals surface area contributed by atoms with Crippen LogP contribution in [0.25, 0.3) is 0 Å². The van der Waals surface area contributed by atoms with Crippen molar-refractivity contribution in [2.45, 2.75) is 40.5 Å². The predicted molar refractivity (Wildman–Crippen MR) is 189 cm³/mol. The molecule has 2 nitrogen and oxygen atoms in total. The van der Waals surface area contributed by atoms with Gasteiger partial charge in [0.15, 0.2) is 0 Å². The third kappa shape index (κ3) is 6.76. The second kappa shape index (κ2) is 13.1. The fourth-order valence-corrected chi connectivity index (χ4v) is 5.58. The molecule has 2 heteroatoms. The van der Waals surface area contributed by atoms with Crippen molar-refractivity contribution in [3.05, 3.63) is 179 Å². The summed E-state index contributed by atoms with van der Waals surface area (Å²) < 4.78 is 0. The van der Waals surface area contributed by atoms with Crippen molar-refractivity contribution in [2.24, 2.45) is 0 Å². The molecule has 0 aliphatic carbocycles. The number of hydrogen-bond donors (Lipinski definition) is 0. The number of hydrogen-bond acceptors (Lipinski definition) is 2. The molecule has 0 aliphatic rings. The maximum absolute atomic E-state index is 2.33. The average Bonchev–Trinajstić information content (AvgIpc) is 3.05. The number of rotatable bonds is 9. The molecule has 0 heterocycles. The van der Waals surface area contributed by atoms with E-state index in [1.165, 1.54) is 33.4 Å². The van der Waals surface area contributed by atoms with Crippen molar-refractivity contribution in [3.63, 3.8) is 0 Å². The van der Waals surface area contributed by atoms with Gasteiger partial charge in [0.25, 0.3) is 0 Å². The first-order chi connectivity index (χ1) is 21.4. The summed E-state index contributed by atoms with van der Waals surface area (Å²) in [5.41, 5.74) is 14.7. The summed E-state index contributed by atoms with van der Waals surface area (Å²) >= 11 is 0. The summed E-state index contributed by atoms with van der Waals surface area (Å²) in [6.07, 6.45) is 1.99. The topological polar surface area (TPSA) is 6.48 Å². The van der Waals surface area contributed by atoms with Gasteiger partial charge >= 0.3 is 0 Å². The van der Waals surface area contributed by atoms with Crippen molar-refractivity contribution >= 4 is 34.1 Å². The molecule has 0 fully saturated rings. The first-order valence-electron chi connectivity index (χ1n) is 15.5. The fourth-order valence-electron chi connectivity index (χ4n) is 5.58. The summed E-state index contributed by atoms with van der Waals surface area (Å²) in [4.78, 5) is 4.66. The Morgan fingerprint density at radius 1 is 0.273 bits per heavy atom. The summed E-state index contributed by atoms with van der Waals surface area (Å²) in [5, 5.41) is 0. The zero-order valence-corrected chi connectivity index (χ0v) is 26.2. The van der Waals surface area contributed by atoms with Crippen LogP contribution in [0.2, 0.25) is 0 Å². The van der Waals surface area contributed by atoms with Gasteiger partial charge in [0.2, 0.25) is 0 Å². The van der Waals surface area contributed by atoms with Crippen molar-refractivity contribution in [1.29, 1.82) is 0 Å². The third-order valence-electron chi connectivity index (χ3n) is 8.26. The zero-order chi connectivity index (χ0) is 30.5. The lowest BCUT2D eigenvalue weighted by Gasteiger charge is -2.26. The first-order valence-corrected chi connectivity index (χ1v) is 15.5. The molecule has 0 saturated heterocycles. The summed E-state index contributed by atoms with van der Waals surface area (Å²) in [5.74, 6) is 0. The standard InChI is InChI=1S/C42H40N2/c1-31-5-19-37(20-6-31)43(38-21-7-32(2)8-22-38)41-27-15-35(16-28-41)13-14-36-17-29-42(30-18-36)44(39-23-9-33(3)10-24-39)40-25-11-34(4)12-26-40/h5-12,15-30H,13-14H2,1-4H3. The van der Waals surface area contributed by atoms with Crippen LogP contribution in [0.15, 0.2) is 146 Å². The molecule has 44 heavy (non-hydrogen) atoms. The first kappa shape index (κ1) is 29.0. The van der Waals surface area contributed by atoms with Crippen LogP contribution in [0.3, 0.4) is 0 Å². The molecular weight excluding hydrogens is 532 g/mol. The van der Waals surface area contributed by atoms with Crippen LogP contribution >= 0.6 is 0 Å². The normalized spacial score (nSPS) is 10.9. The molecule has 0 N–H and O–H groups in total. The van der Waals surface area contributed by atoms with Crippen molar-refractivity contribution in [2.75, 3.05) is 9.80 Å². The maximum atomic E-state index is 2.33. The van der Waals surface area contributed by atoms with E-state index in [-0.39, 0.29) is 0 Å². The third-order valence-corrected chi connectivity index (χ3v) is 8.26. The molecular formula is C42H40N2. The van der Waals surface area contributed by atoms with Crippen molar-refractivity contribution in [1.82, 2.24) is 0 Å². The predicted octanol–water partition coefficient (Wildman–Crippen LogP) is 11.6. The maximum Gasteiger partial charge on any atom is 0.0461 e. The van der Waals surface area contributed by atoms with Crippen LogP contribution in [-0.2, 0) is 12.8 Å². The molecule has 218 valence electrons. The van der Waals surface area contributed by atoms with Crippen molar-refractivity contribution in [3.8, 4) is 0 Å². The van der Waals surface area contributed by atoms with Gasteiger partial charge in [-0.2, -0.15) is 0 Å². The Balaban J connectivity index is 1.18. The van der Waals surface area contributed by atoms with Crippen LogP contribution < -0.4 is 9.80 Å². The van der Waals surface area contributed by atoms with Gasteiger partial charge in [0.1, 0.15) is 0 Å². The monoisotopic (exact) mass is 572 g/mol. The quantitative estimate of drug-likeness (QED) is 0.170. The van der Waals surface area contributed by atoms with E-state index in [1.807, 2.05) is 0 Å². The highest BCUT2D eigenvalue weighted by Gasteiger charge is 2.14. The molecule has 0 radical (unpaired) electrons. The molecule has 0 aromatic heterocycles. The Morgan fingerprint density at radius 2 is 0.455 bits per heavy atom. The van der Waals surface area contributed by atoms with Gasteiger partial charge < -0.3 is 9.80 Å². The lowest BCUT2D eigenvalue weighted by Crippen LogP contribution is -2.10. The second-order valence-electron chi connectivity index (χ2n) is 11.8. The van der Waals surface area contributed by atoms with E-state index < -0.39 is 0 Å². The van der Waals surface area contributed by atoms with Gasteiger partial charge in [-0.3, -0.25) is 0 Å². The molecule has 6 aromatic carbocycles. The van der Waals surface area contributed by atoms with Gasteiger partial charge in [0.05, 0.1) is 0 Å². The van der Waals surface area contributed by atoms with E-state index in [4.69, 9.17) is 0 Å². The molecule has 0 atom stereocenters. The number of nitrogens with zero attached hydrogens (tertiary/aromatic N) is 2. The van der Waals surface area contributed by atoms with Crippen LogP contribution in [0, 0.1) is 27.7 Å². The average molecular weight is 573 g/mol. The van der Waals surface area contributed by atoms with Crippen molar-refractivity contribution < 1.29 is 0 Å². The van der Waals surface area contributed by atoms with Gasteiger partial charge in [-0.15, -0.1) is 0 Å². The molecule has 0 saturated carbocycles. The summed E-state index contributed by atoms with van der Waals surface area (Å²) in [6, 6.07) is 53.1. The lowest BCUT2D eigenvalue weighted by molar-refractivity contribution is 0.959. The second-order valence-corrected chi connectivity index (χ2v) is 11.8. The lowest BCUT2D eigenvalue weighted by atomic mass is 10.0. The van der Waals surface area contributed by atoms with Crippen LogP contribution in [-0.4, -0.2) is 0 Å². The minimum atomic E-state index is 0.994. The Labute approximate surface area is 262 Å². The Morgan fingerprint density at radius 3 is 0.659 bits per heavy atom. The summed E-state index contributed by atoms with van der Waals surface area (Å²) in [6.45, 7) is 8.53. The smallest absolute Gasteiger partial charge is 0.0461 e. The minimum Gasteiger partial charge on any atom is -0.311 e. The summed E-state index contributed by atoms with van der Waals surface area (Å²) in [7, 11) is 0. The van der Waals surface area contributed by atoms with Gasteiger partial charge in [-0.25, -0.2) is 0 Å². The van der Waals surface area contributed by atoms with E-state index in [0.717, 1.165) is 47.0 Å². The van der Waals surface area contributed by atoms with E-state index in [2.05, 4.69) is 183 Å². The Kier molecular flexibility index (Phi) is 8.61. The highest BCUT2D eigenvalue weighted by atomic mass is 15.1. The van der Waals surface area contributed by atoms with Gasteiger partial charge in [-0.1, -0.05) is 95.1 Å². The number of anilines is 6. The van der Waals surface area contributed by atoms with Crippen LogP contribution in [0.5, 0.6) is 0 Å². The minimum absolute atomic E-state index is 0.994. The van der Waals surface area contributed by atoms with E-state index in [9.17, 15) is 0 Å². The number of benzene rings is 6. The Bertz CT molecular complexity index is 1550. The zero-order valence-electron chi connectivity index (χ0n) is 26.2. The molecule has 0 aliphatic heterocycles. The van der Waals surface area contributed by atoms with Gasteiger partial charge in [0, 0.05) is 34.1 Å².